The molecule has 10 atom stereocenters. The van der Waals surface area contributed by atoms with Gasteiger partial charge in [0.1, 0.15) is 17.6 Å². The molecule has 1 heterocycles. The van der Waals surface area contributed by atoms with Crippen molar-refractivity contribution in [2.75, 3.05) is 39.7 Å². The topological polar surface area (TPSA) is 278 Å². The Balaban J connectivity index is 1.72. The molecule has 0 saturated carbocycles. The predicted octanol–water partition coefficient (Wildman–Crippen LogP) is 7.84. The molecule has 6 N–H and O–H groups in total. The van der Waals surface area contributed by atoms with Crippen LogP contribution in [0.15, 0.2) is 54.6 Å². The number of methoxy groups -OCH3 is 2. The second-order valence-electron chi connectivity index (χ2n) is 23.2. The number of carbonyl (C=O) groups excluding carboxylic acids is 9. The number of aliphatic carboxylic acids is 1. The molecule has 0 aromatic heterocycles. The predicted molar refractivity (Wildman–Crippen MR) is 321 cm³/mol. The van der Waals surface area contributed by atoms with Gasteiger partial charge < -0.3 is 46.1 Å². The number of hydrogen-bond acceptors (Lipinski definition) is 12. The van der Waals surface area contributed by atoms with Crippen molar-refractivity contribution in [1.82, 2.24) is 25.8 Å². The number of amides is 6. The number of ether oxygens (including phenoxy) is 2. The van der Waals surface area contributed by atoms with E-state index in [4.69, 9.17) is 15.2 Å². The van der Waals surface area contributed by atoms with Crippen LogP contribution in [0.3, 0.4) is 0 Å². The third-order valence-corrected chi connectivity index (χ3v) is 17.0. The molecule has 1 fully saturated rings. The molecule has 0 radical (unpaired) electrons. The lowest BCUT2D eigenvalue weighted by molar-refractivity contribution is -0.148. The molecule has 1 aliphatic heterocycles. The minimum absolute atomic E-state index is 0.0418. The molecule has 0 aliphatic carbocycles. The van der Waals surface area contributed by atoms with E-state index in [1.54, 1.807) is 72.3 Å². The molecule has 20 heteroatoms. The first-order valence-corrected chi connectivity index (χ1v) is 30.8. The first kappa shape index (κ1) is 71.4. The zero-order chi connectivity index (χ0) is 61.9. The highest BCUT2D eigenvalue weighted by Gasteiger charge is 2.43. The van der Waals surface area contributed by atoms with Crippen molar-refractivity contribution in [3.63, 3.8) is 0 Å². The second kappa shape index (κ2) is 36.8. The number of benzene rings is 2. The number of primary amides is 1. The minimum atomic E-state index is -1.17. The summed E-state index contributed by atoms with van der Waals surface area (Å²) in [4.78, 5) is 136. The minimum Gasteiger partial charge on any atom is -0.480 e. The van der Waals surface area contributed by atoms with Crippen molar-refractivity contribution in [2.24, 2.45) is 41.2 Å². The maximum absolute atomic E-state index is 14.7. The maximum Gasteiger partial charge on any atom is 0.326 e. The molecule has 1 aliphatic rings. The van der Waals surface area contributed by atoms with Gasteiger partial charge in [0.2, 0.25) is 23.6 Å². The summed E-state index contributed by atoms with van der Waals surface area (Å²) in [6, 6.07) is 11.9. The number of hydrogen-bond donors (Lipinski definition) is 5. The number of likely N-dealkylation sites (tertiary alicyclic amines) is 1. The van der Waals surface area contributed by atoms with Gasteiger partial charge in [0.15, 0.2) is 11.6 Å². The quantitative estimate of drug-likeness (QED) is 0.0242. The first-order valence-electron chi connectivity index (χ1n) is 29.7. The standard InChI is InChI=1S/C63H95BrN6O13/c1-11-41(6)58(54(82-9)37-56(76)70-32-20-25-50(70)59(83-10)42(7)60(77)67-49(62(79)80)33-43-21-15-14-16-22-43)69(8)61(78)48(39(2)3)36-52(73)45-29-27-44(28-30-45)34-51(72)46(23-19-31-66-63(65)81)35-53(74)57(40(4)5)68-55(75)26-18-13-12-17-24-47(71)38-64/h14-16,21-22,27-30,39-42,46,48-50,54,57-59H,11-13,17-20,23-26,31-38H2,1-10H3,(H,67,77)(H,68,75)(H,79,80)(H3,65,66,81)/t41-,42+,46+,48-,49-,50-,54+,57-,58-,59+/m0/s1. The summed E-state index contributed by atoms with van der Waals surface area (Å²) in [6.07, 6.45) is 4.42. The SMILES string of the molecule is CC[C@H](C)[C@@H]([C@@H](CC(=O)N1CCC[C@H]1[C@H](OC)[C@@H](C)C(=O)N[C@@H](Cc1ccccc1)C(=O)O)OC)N(C)C(=O)[C@@H](CC(=O)c1ccc(CC(=O)[C@H](CCCNC(N)=O)CC(=O)[C@@H](NC(=O)CCCCCCC(=O)CBr)C(C)C)cc1)C(C)C. The van der Waals surface area contributed by atoms with Crippen molar-refractivity contribution in [3.8, 4) is 0 Å². The van der Waals surface area contributed by atoms with Crippen LogP contribution in [0.25, 0.3) is 0 Å². The van der Waals surface area contributed by atoms with Crippen LogP contribution in [-0.4, -0.2) is 150 Å². The van der Waals surface area contributed by atoms with E-state index in [-0.39, 0.29) is 110 Å². The number of Topliss-reactive ketones (excluding diaryl/α,β-unsaturated/α-hetero) is 4. The van der Waals surface area contributed by atoms with Crippen LogP contribution < -0.4 is 21.7 Å². The molecule has 462 valence electrons. The van der Waals surface area contributed by atoms with E-state index in [0.717, 1.165) is 24.8 Å². The number of rotatable bonds is 40. The number of carboxylic acid groups (broad SMARTS) is 1. The molecule has 3 rings (SSSR count). The molecule has 0 bridgehead atoms. The third-order valence-electron chi connectivity index (χ3n) is 16.4. The van der Waals surface area contributed by atoms with E-state index >= 15 is 0 Å². The van der Waals surface area contributed by atoms with Crippen LogP contribution in [-0.2, 0) is 60.7 Å². The van der Waals surface area contributed by atoms with E-state index < -0.39 is 72.0 Å². The smallest absolute Gasteiger partial charge is 0.326 e. The van der Waals surface area contributed by atoms with Crippen molar-refractivity contribution in [3.05, 3.63) is 71.3 Å². The Bertz CT molecular complexity index is 2440. The average molecular weight is 1220 g/mol. The summed E-state index contributed by atoms with van der Waals surface area (Å²) in [6.45, 7) is 13.7. The summed E-state index contributed by atoms with van der Waals surface area (Å²) in [5, 5.41) is 18.4. The van der Waals surface area contributed by atoms with E-state index in [1.807, 2.05) is 47.6 Å². The highest BCUT2D eigenvalue weighted by Crippen LogP contribution is 2.31. The first-order chi connectivity index (χ1) is 39.4. The van der Waals surface area contributed by atoms with E-state index in [2.05, 4.69) is 31.9 Å². The molecule has 1 saturated heterocycles. The highest BCUT2D eigenvalue weighted by molar-refractivity contribution is 9.09. The van der Waals surface area contributed by atoms with Crippen LogP contribution in [0.4, 0.5) is 4.79 Å². The van der Waals surface area contributed by atoms with E-state index in [9.17, 15) is 53.1 Å². The van der Waals surface area contributed by atoms with Crippen LogP contribution in [0.5, 0.6) is 0 Å². The second-order valence-corrected chi connectivity index (χ2v) is 23.7. The molecule has 19 nitrogen and oxygen atoms in total. The third kappa shape index (κ3) is 23.3. The summed E-state index contributed by atoms with van der Waals surface area (Å²) >= 11 is 3.17. The fourth-order valence-corrected chi connectivity index (χ4v) is 11.5. The van der Waals surface area contributed by atoms with Crippen molar-refractivity contribution in [2.45, 2.75) is 188 Å². The number of nitrogens with one attached hydrogen (secondary N) is 3. The van der Waals surface area contributed by atoms with Gasteiger partial charge in [-0.3, -0.25) is 38.4 Å². The Morgan fingerprint density at radius 1 is 0.783 bits per heavy atom. The number of likely N-dealkylation sites (N-methyl/N-ethyl adjacent to an activating group) is 1. The van der Waals surface area contributed by atoms with Crippen molar-refractivity contribution < 1.29 is 62.5 Å². The van der Waals surface area contributed by atoms with Crippen LogP contribution in [0.1, 0.15) is 160 Å². The van der Waals surface area contributed by atoms with Crippen molar-refractivity contribution in [1.29, 1.82) is 0 Å². The molecule has 6 amide bonds. The molecule has 2 aromatic carbocycles. The molecule has 83 heavy (non-hydrogen) atoms. The summed E-state index contributed by atoms with van der Waals surface area (Å²) in [7, 11) is 4.66. The summed E-state index contributed by atoms with van der Waals surface area (Å²) in [5.74, 6) is -6.02. The number of nitrogens with two attached hydrogens (primary N) is 1. The van der Waals surface area contributed by atoms with Gasteiger partial charge in [-0.1, -0.05) is 138 Å². The lowest BCUT2D eigenvalue weighted by Crippen LogP contribution is -2.54. The van der Waals surface area contributed by atoms with Gasteiger partial charge in [-0.25, -0.2) is 9.59 Å². The number of carboxylic acids is 1. The van der Waals surface area contributed by atoms with Gasteiger partial charge in [-0.15, -0.1) is 0 Å². The van der Waals surface area contributed by atoms with E-state index in [1.165, 1.54) is 14.2 Å². The molecule has 0 spiro atoms. The van der Waals surface area contributed by atoms with Crippen LogP contribution >= 0.6 is 15.9 Å². The Hall–Kier alpha value is -5.86. The van der Waals surface area contributed by atoms with Crippen LogP contribution in [0.2, 0.25) is 0 Å². The zero-order valence-corrected chi connectivity index (χ0v) is 52.3. The zero-order valence-electron chi connectivity index (χ0n) is 50.8. The number of urea groups is 1. The number of halogens is 1. The Morgan fingerprint density at radius 3 is 2.00 bits per heavy atom. The number of ketones is 4. The monoisotopic (exact) mass is 1220 g/mol. The van der Waals surface area contributed by atoms with Crippen molar-refractivity contribution >= 4 is 74.7 Å². The summed E-state index contributed by atoms with van der Waals surface area (Å²) in [5.41, 5.74) is 6.99. The van der Waals surface area contributed by atoms with Gasteiger partial charge in [0, 0.05) is 90.3 Å². The molecule has 2 aromatic rings. The Labute approximate surface area is 500 Å². The average Bonchev–Trinajstić information content (AvgIpc) is 4.08. The number of carbonyl (C=O) groups is 10. The van der Waals surface area contributed by atoms with Gasteiger partial charge in [0.25, 0.3) is 0 Å². The number of nitrogens with zero attached hydrogens (tertiary/aromatic N) is 2. The highest BCUT2D eigenvalue weighted by atomic mass is 79.9. The Morgan fingerprint density at radius 2 is 1.43 bits per heavy atom. The maximum atomic E-state index is 14.7. The number of alkyl halides is 1. The summed E-state index contributed by atoms with van der Waals surface area (Å²) < 4.78 is 12.0. The fraction of sp³-hybridized carbons (Fsp3) is 0.651. The van der Waals surface area contributed by atoms with Gasteiger partial charge in [-0.05, 0) is 67.4 Å². The van der Waals surface area contributed by atoms with Gasteiger partial charge >= 0.3 is 12.0 Å². The van der Waals surface area contributed by atoms with Gasteiger partial charge in [0.05, 0.1) is 48.0 Å². The fourth-order valence-electron chi connectivity index (χ4n) is 11.2. The molecular weight excluding hydrogens is 1130 g/mol. The largest absolute Gasteiger partial charge is 0.480 e. The number of unbranched alkanes of at least 4 members (excludes halogenated alkanes) is 3. The lowest BCUT2D eigenvalue weighted by atomic mass is 9.84. The van der Waals surface area contributed by atoms with Crippen LogP contribution in [0, 0.1) is 35.5 Å². The molecule has 0 unspecified atom stereocenters. The Kier molecular flexibility index (Phi) is 31.6. The lowest BCUT2D eigenvalue weighted by Gasteiger charge is -2.40. The molecular formula is C63H95BrN6O13. The van der Waals surface area contributed by atoms with E-state index in [0.29, 0.717) is 61.5 Å². The van der Waals surface area contributed by atoms with Gasteiger partial charge in [-0.2, -0.15) is 0 Å². The normalized spacial score (nSPS) is 16.6.